The van der Waals surface area contributed by atoms with Crippen LogP contribution in [0.1, 0.15) is 30.7 Å². The molecule has 160 valence electrons. The van der Waals surface area contributed by atoms with E-state index >= 15 is 0 Å². The van der Waals surface area contributed by atoms with Crippen molar-refractivity contribution in [3.63, 3.8) is 0 Å². The first-order chi connectivity index (χ1) is 14.3. The number of aromatic amines is 1. The molecule has 0 spiro atoms. The number of fused-ring (bicyclic) bond motifs is 1. The lowest BCUT2D eigenvalue weighted by molar-refractivity contribution is -0.264. The van der Waals surface area contributed by atoms with E-state index in [1.807, 2.05) is 52.0 Å². The highest BCUT2D eigenvalue weighted by Crippen LogP contribution is 2.28. The predicted molar refractivity (Wildman–Crippen MR) is 115 cm³/mol. The van der Waals surface area contributed by atoms with Gasteiger partial charge in [-0.3, -0.25) is 9.97 Å². The van der Waals surface area contributed by atoms with E-state index < -0.39 is 17.0 Å². The molecule has 0 radical (unpaired) electrons. The largest absolute Gasteiger partial charge is 0.609 e. The number of hydrogen-bond acceptors (Lipinski definition) is 6. The van der Waals surface area contributed by atoms with E-state index in [0.29, 0.717) is 25.0 Å². The molecule has 1 N–H and O–H groups in total. The van der Waals surface area contributed by atoms with Gasteiger partial charge in [0.25, 0.3) is 0 Å². The Bertz CT molecular complexity index is 993. The van der Waals surface area contributed by atoms with Gasteiger partial charge in [-0.25, -0.2) is 0 Å². The molecule has 0 bridgehead atoms. The molecule has 2 aromatic heterocycles. The molecule has 1 aliphatic heterocycles. The topological polar surface area (TPSA) is 92.3 Å². The van der Waals surface area contributed by atoms with E-state index in [-0.39, 0.29) is 11.7 Å². The van der Waals surface area contributed by atoms with Crippen molar-refractivity contribution in [1.82, 2.24) is 15.0 Å². The summed E-state index contributed by atoms with van der Waals surface area (Å²) in [6.07, 6.45) is 1.77. The highest BCUT2D eigenvalue weighted by atomic mass is 32.2. The molecule has 0 saturated carbocycles. The number of ether oxygens (including phenoxy) is 3. The molecule has 1 aliphatic rings. The Kier molecular flexibility index (Phi) is 6.02. The summed E-state index contributed by atoms with van der Waals surface area (Å²) in [6.45, 7) is 9.43. The van der Waals surface area contributed by atoms with Gasteiger partial charge in [0.15, 0.2) is 11.5 Å². The number of hydrogen-bond donors (Lipinski definition) is 1. The summed E-state index contributed by atoms with van der Waals surface area (Å²) in [5.74, 6) is 0.684. The van der Waals surface area contributed by atoms with Crippen LogP contribution in [0.25, 0.3) is 11.0 Å². The number of H-pyrrole nitrogens is 1. The number of nitrogens with one attached hydrogen (secondary N) is 1. The van der Waals surface area contributed by atoms with E-state index in [2.05, 4.69) is 15.0 Å². The fourth-order valence-electron chi connectivity index (χ4n) is 3.38. The number of benzene rings is 1. The van der Waals surface area contributed by atoms with Crippen LogP contribution < -0.4 is 4.74 Å². The minimum atomic E-state index is -1.33. The van der Waals surface area contributed by atoms with Crippen molar-refractivity contribution in [2.24, 2.45) is 5.92 Å². The Morgan fingerprint density at radius 3 is 2.70 bits per heavy atom. The van der Waals surface area contributed by atoms with Gasteiger partial charge in [0, 0.05) is 34.4 Å². The third-order valence-corrected chi connectivity index (χ3v) is 6.35. The average molecular weight is 430 g/mol. The third kappa shape index (κ3) is 4.62. The molecular formula is C22H27N3O4S. The number of aryl methyl sites for hydroxylation is 1. The number of nitrogens with zero attached hydrogens (tertiary/aromatic N) is 2. The van der Waals surface area contributed by atoms with Gasteiger partial charge < -0.3 is 18.8 Å². The van der Waals surface area contributed by atoms with Gasteiger partial charge in [0.1, 0.15) is 5.75 Å². The summed E-state index contributed by atoms with van der Waals surface area (Å²) in [5.41, 5.74) is 4.27. The molecule has 1 aromatic carbocycles. The number of aromatic nitrogens is 3. The lowest BCUT2D eigenvalue weighted by Gasteiger charge is -2.34. The molecule has 3 heterocycles. The summed E-state index contributed by atoms with van der Waals surface area (Å²) in [7, 11) is 0. The Labute approximate surface area is 179 Å². The second kappa shape index (κ2) is 8.55. The van der Waals surface area contributed by atoms with Crippen molar-refractivity contribution in [1.29, 1.82) is 0 Å². The van der Waals surface area contributed by atoms with Crippen molar-refractivity contribution in [2.75, 3.05) is 19.8 Å². The highest BCUT2D eigenvalue weighted by molar-refractivity contribution is 7.90. The van der Waals surface area contributed by atoms with Crippen LogP contribution in [0.3, 0.4) is 0 Å². The van der Waals surface area contributed by atoms with Crippen LogP contribution in [0.5, 0.6) is 5.75 Å². The molecule has 3 aromatic rings. The first-order valence-corrected chi connectivity index (χ1v) is 11.3. The van der Waals surface area contributed by atoms with Crippen LogP contribution in [0, 0.1) is 19.8 Å². The molecule has 7 nitrogen and oxygen atoms in total. The average Bonchev–Trinajstić information content (AvgIpc) is 3.15. The van der Waals surface area contributed by atoms with Crippen LogP contribution in [0.15, 0.2) is 35.6 Å². The Hall–Kier alpha value is -2.13. The van der Waals surface area contributed by atoms with Crippen LogP contribution in [0.4, 0.5) is 0 Å². The molecule has 0 unspecified atom stereocenters. The first kappa shape index (κ1) is 21.1. The Balaban J connectivity index is 1.45. The molecule has 1 saturated heterocycles. The Morgan fingerprint density at radius 1 is 1.23 bits per heavy atom. The zero-order chi connectivity index (χ0) is 21.3. The van der Waals surface area contributed by atoms with Crippen LogP contribution in [0.2, 0.25) is 0 Å². The maximum atomic E-state index is 12.9. The van der Waals surface area contributed by atoms with Gasteiger partial charge in [-0.2, -0.15) is 4.98 Å². The normalized spacial score (nSPS) is 17.9. The molecule has 30 heavy (non-hydrogen) atoms. The number of rotatable bonds is 6. The summed E-state index contributed by atoms with van der Waals surface area (Å²) in [4.78, 5) is 12.1. The van der Waals surface area contributed by atoms with Gasteiger partial charge in [-0.1, -0.05) is 12.1 Å². The van der Waals surface area contributed by atoms with Crippen molar-refractivity contribution < 1.29 is 18.8 Å². The minimum Gasteiger partial charge on any atom is -0.609 e. The standard InChI is InChI=1S/C22H27N3O4S/c1-14-9-23-19(13-30(26)21-24-17-7-5-6-8-18(17)25-21)15(2)20(14)27-10-16-11-28-22(3,4)29-12-16/h5-9,16H,10-13H2,1-4H3,(H,24,25)/t30-/m0/s1. The van der Waals surface area contributed by atoms with Gasteiger partial charge in [-0.15, -0.1) is 0 Å². The van der Waals surface area contributed by atoms with E-state index in [4.69, 9.17) is 14.2 Å². The smallest absolute Gasteiger partial charge is 0.322 e. The maximum absolute atomic E-state index is 12.9. The van der Waals surface area contributed by atoms with E-state index in [1.165, 1.54) is 0 Å². The summed E-state index contributed by atoms with van der Waals surface area (Å²) in [6, 6.07) is 7.65. The summed E-state index contributed by atoms with van der Waals surface area (Å²) in [5, 5.41) is 0.458. The van der Waals surface area contributed by atoms with Crippen LogP contribution in [-0.2, 0) is 26.4 Å². The molecule has 0 aliphatic carbocycles. The second-order valence-electron chi connectivity index (χ2n) is 8.09. The fourth-order valence-corrected chi connectivity index (χ4v) is 4.48. The van der Waals surface area contributed by atoms with Crippen molar-refractivity contribution >= 4 is 22.2 Å². The van der Waals surface area contributed by atoms with Gasteiger partial charge in [0.2, 0.25) is 0 Å². The number of pyridine rings is 1. The van der Waals surface area contributed by atoms with E-state index in [1.54, 1.807) is 6.20 Å². The van der Waals surface area contributed by atoms with Crippen molar-refractivity contribution in [3.05, 3.63) is 47.3 Å². The van der Waals surface area contributed by atoms with E-state index in [0.717, 1.165) is 33.6 Å². The molecule has 0 amide bonds. The minimum absolute atomic E-state index is 0.165. The molecule has 1 atom stereocenters. The van der Waals surface area contributed by atoms with E-state index in [9.17, 15) is 4.55 Å². The second-order valence-corrected chi connectivity index (χ2v) is 9.46. The zero-order valence-electron chi connectivity index (χ0n) is 17.7. The predicted octanol–water partition coefficient (Wildman–Crippen LogP) is 3.66. The first-order valence-electron chi connectivity index (χ1n) is 10.0. The summed E-state index contributed by atoms with van der Waals surface area (Å²) >= 11 is -1.33. The molecule has 1 fully saturated rings. The fraction of sp³-hybridized carbons (Fsp3) is 0.455. The zero-order valence-corrected chi connectivity index (χ0v) is 18.5. The van der Waals surface area contributed by atoms with Gasteiger partial charge in [-0.05, 0) is 39.8 Å². The lowest BCUT2D eigenvalue weighted by Crippen LogP contribution is -2.41. The van der Waals surface area contributed by atoms with Crippen LogP contribution in [-0.4, -0.2) is 45.1 Å². The van der Waals surface area contributed by atoms with Gasteiger partial charge in [0.05, 0.1) is 36.5 Å². The molecule has 4 rings (SSSR count). The maximum Gasteiger partial charge on any atom is 0.322 e. The Morgan fingerprint density at radius 2 is 1.97 bits per heavy atom. The third-order valence-electron chi connectivity index (χ3n) is 5.19. The summed E-state index contributed by atoms with van der Waals surface area (Å²) < 4.78 is 30.5. The number of imidazole rings is 1. The van der Waals surface area contributed by atoms with Crippen molar-refractivity contribution in [3.8, 4) is 5.75 Å². The molecular weight excluding hydrogens is 402 g/mol. The van der Waals surface area contributed by atoms with Crippen molar-refractivity contribution in [2.45, 2.75) is 44.4 Å². The molecule has 8 heteroatoms. The SMILES string of the molecule is Cc1cnc(C[S@+]([O-])c2nc3ccccc3[nH]2)c(C)c1OCC1COC(C)(C)OC1. The highest BCUT2D eigenvalue weighted by Gasteiger charge is 2.29. The van der Waals surface area contributed by atoms with Crippen LogP contribution >= 0.6 is 0 Å². The quantitative estimate of drug-likeness (QED) is 0.601. The lowest BCUT2D eigenvalue weighted by atomic mass is 10.1. The van der Waals surface area contributed by atoms with Gasteiger partial charge >= 0.3 is 5.16 Å². The number of para-hydroxylation sites is 2. The monoisotopic (exact) mass is 429 g/mol.